The Kier molecular flexibility index (Phi) is 14.2. The number of carbonyl (C=O) groups is 2. The van der Waals surface area contributed by atoms with Crippen molar-refractivity contribution in [3.8, 4) is 0 Å². The van der Waals surface area contributed by atoms with Crippen LogP contribution in [0.25, 0.3) is 0 Å². The summed E-state index contributed by atoms with van der Waals surface area (Å²) in [5, 5.41) is 8.54. The van der Waals surface area contributed by atoms with Crippen LogP contribution in [0.3, 0.4) is 0 Å². The number of aliphatic carboxylic acids is 1. The molecule has 0 aromatic heterocycles. The molecule has 0 amide bonds. The third-order valence-corrected chi connectivity index (χ3v) is 3.33. The molecular formula is C13H27NO3S. The first-order valence-corrected chi connectivity index (χ1v) is 7.79. The van der Waals surface area contributed by atoms with Gasteiger partial charge in [0.25, 0.3) is 0 Å². The molecule has 2 unspecified atom stereocenters. The van der Waals surface area contributed by atoms with Crippen LogP contribution >= 0.6 is 11.8 Å². The Morgan fingerprint density at radius 2 is 2.11 bits per heavy atom. The van der Waals surface area contributed by atoms with E-state index in [2.05, 4.69) is 0 Å². The number of nitrogens with zero attached hydrogens (tertiary/aromatic N) is 1. The fourth-order valence-corrected chi connectivity index (χ4v) is 2.13. The van der Waals surface area contributed by atoms with Crippen LogP contribution in [0.15, 0.2) is 0 Å². The van der Waals surface area contributed by atoms with Crippen molar-refractivity contribution in [3.63, 3.8) is 0 Å². The highest BCUT2D eigenvalue weighted by atomic mass is 32.2. The van der Waals surface area contributed by atoms with Crippen LogP contribution in [-0.4, -0.2) is 53.9 Å². The Labute approximate surface area is 115 Å². The minimum atomic E-state index is -0.685. The molecule has 1 heterocycles. The second kappa shape index (κ2) is 12.9. The van der Waals surface area contributed by atoms with E-state index in [1.807, 2.05) is 39.0 Å². The summed E-state index contributed by atoms with van der Waals surface area (Å²) in [7, 11) is 1.85. The van der Waals surface area contributed by atoms with Crippen LogP contribution in [0.4, 0.5) is 0 Å². The quantitative estimate of drug-likeness (QED) is 0.800. The molecule has 1 rings (SSSR count). The highest BCUT2D eigenvalue weighted by Gasteiger charge is 2.26. The molecule has 1 N–H and O–H groups in total. The molecule has 0 saturated carbocycles. The first kappa shape index (κ1) is 19.8. The van der Waals surface area contributed by atoms with Crippen molar-refractivity contribution < 1.29 is 14.7 Å². The maximum Gasteiger partial charge on any atom is 0.320 e. The summed E-state index contributed by atoms with van der Waals surface area (Å²) in [6.45, 7) is 6.85. The SMILES string of the molecule is CC.CN1CCCC1C(=O)O.CSCC(C)C=O. The van der Waals surface area contributed by atoms with Crippen molar-refractivity contribution in [2.75, 3.05) is 25.6 Å². The summed E-state index contributed by atoms with van der Waals surface area (Å²) in [4.78, 5) is 22.1. The van der Waals surface area contributed by atoms with E-state index < -0.39 is 5.97 Å². The lowest BCUT2D eigenvalue weighted by molar-refractivity contribution is -0.141. The smallest absolute Gasteiger partial charge is 0.320 e. The molecule has 1 aliphatic heterocycles. The monoisotopic (exact) mass is 277 g/mol. The Morgan fingerprint density at radius 3 is 2.28 bits per heavy atom. The molecule has 0 aliphatic carbocycles. The van der Waals surface area contributed by atoms with E-state index in [1.165, 1.54) is 0 Å². The summed E-state index contributed by atoms with van der Waals surface area (Å²) < 4.78 is 0. The number of likely N-dealkylation sites (N-methyl/N-ethyl adjacent to an activating group) is 1. The van der Waals surface area contributed by atoms with Gasteiger partial charge in [0.2, 0.25) is 0 Å². The van der Waals surface area contributed by atoms with Gasteiger partial charge in [0.1, 0.15) is 12.3 Å². The van der Waals surface area contributed by atoms with Crippen LogP contribution in [0.1, 0.15) is 33.6 Å². The van der Waals surface area contributed by atoms with Gasteiger partial charge >= 0.3 is 5.97 Å². The predicted molar refractivity (Wildman–Crippen MR) is 78.2 cm³/mol. The largest absolute Gasteiger partial charge is 0.480 e. The van der Waals surface area contributed by atoms with Gasteiger partial charge in [0.15, 0.2) is 0 Å². The lowest BCUT2D eigenvalue weighted by Gasteiger charge is -2.13. The molecule has 1 aliphatic rings. The zero-order valence-corrected chi connectivity index (χ0v) is 13.0. The molecule has 18 heavy (non-hydrogen) atoms. The standard InChI is InChI=1S/C6H11NO2.C5H10OS.C2H6/c1-7-4-2-3-5(7)6(8)9;1-5(3-6)4-7-2;1-2/h5H,2-4H2,1H3,(H,8,9);3,5H,4H2,1-2H3;1-2H3. The van der Waals surface area contributed by atoms with E-state index in [9.17, 15) is 9.59 Å². The number of rotatable bonds is 4. The molecular weight excluding hydrogens is 250 g/mol. The zero-order chi connectivity index (χ0) is 14.6. The summed E-state index contributed by atoms with van der Waals surface area (Å²) >= 11 is 1.70. The third-order valence-electron chi connectivity index (χ3n) is 2.47. The maximum atomic E-state index is 10.4. The summed E-state index contributed by atoms with van der Waals surface area (Å²) in [6.07, 6.45) is 4.82. The van der Waals surface area contributed by atoms with Crippen molar-refractivity contribution in [2.45, 2.75) is 39.7 Å². The number of hydrogen-bond donors (Lipinski definition) is 1. The number of carboxylic acid groups (broad SMARTS) is 1. The van der Waals surface area contributed by atoms with Crippen molar-refractivity contribution in [1.82, 2.24) is 4.90 Å². The van der Waals surface area contributed by atoms with Crippen molar-refractivity contribution >= 4 is 24.0 Å². The minimum Gasteiger partial charge on any atom is -0.480 e. The number of carbonyl (C=O) groups excluding carboxylic acids is 1. The molecule has 0 aromatic rings. The van der Waals surface area contributed by atoms with Gasteiger partial charge in [-0.25, -0.2) is 0 Å². The van der Waals surface area contributed by atoms with E-state index in [1.54, 1.807) is 11.8 Å². The summed E-state index contributed by atoms with van der Waals surface area (Å²) in [5.41, 5.74) is 0. The van der Waals surface area contributed by atoms with Crippen molar-refractivity contribution in [2.24, 2.45) is 5.92 Å². The Morgan fingerprint density at radius 1 is 1.56 bits per heavy atom. The number of carboxylic acids is 1. The number of thioether (sulfide) groups is 1. The fraction of sp³-hybridized carbons (Fsp3) is 0.846. The second-order valence-electron chi connectivity index (χ2n) is 4.05. The van der Waals surface area contributed by atoms with Gasteiger partial charge in [-0.2, -0.15) is 11.8 Å². The Bertz CT molecular complexity index is 224. The average Bonchev–Trinajstić information content (AvgIpc) is 2.79. The lowest BCUT2D eigenvalue weighted by Crippen LogP contribution is -2.32. The lowest BCUT2D eigenvalue weighted by atomic mass is 10.2. The average molecular weight is 277 g/mol. The van der Waals surface area contributed by atoms with Crippen LogP contribution in [0.2, 0.25) is 0 Å². The van der Waals surface area contributed by atoms with Gasteiger partial charge in [-0.1, -0.05) is 20.8 Å². The van der Waals surface area contributed by atoms with E-state index in [4.69, 9.17) is 5.11 Å². The number of hydrogen-bond acceptors (Lipinski definition) is 4. The van der Waals surface area contributed by atoms with Crippen LogP contribution < -0.4 is 0 Å². The molecule has 108 valence electrons. The van der Waals surface area contributed by atoms with Crippen molar-refractivity contribution in [1.29, 1.82) is 0 Å². The molecule has 2 atom stereocenters. The predicted octanol–water partition coefficient (Wildman–Crippen LogP) is 2.38. The molecule has 0 radical (unpaired) electrons. The topological polar surface area (TPSA) is 57.6 Å². The van der Waals surface area contributed by atoms with E-state index in [0.717, 1.165) is 31.4 Å². The summed E-state index contributed by atoms with van der Waals surface area (Å²) in [6, 6.07) is -0.218. The van der Waals surface area contributed by atoms with E-state index >= 15 is 0 Å². The number of aldehydes is 1. The highest BCUT2D eigenvalue weighted by molar-refractivity contribution is 7.98. The molecule has 0 aromatic carbocycles. The fourth-order valence-electron chi connectivity index (χ4n) is 1.52. The Hall–Kier alpha value is -0.550. The molecule has 0 bridgehead atoms. The van der Waals surface area contributed by atoms with Crippen LogP contribution in [-0.2, 0) is 9.59 Å². The highest BCUT2D eigenvalue weighted by Crippen LogP contribution is 2.13. The van der Waals surface area contributed by atoms with Gasteiger partial charge in [0.05, 0.1) is 0 Å². The molecule has 4 nitrogen and oxygen atoms in total. The van der Waals surface area contributed by atoms with Gasteiger partial charge in [-0.15, -0.1) is 0 Å². The molecule has 1 fully saturated rings. The van der Waals surface area contributed by atoms with Gasteiger partial charge < -0.3 is 9.90 Å². The Balaban J connectivity index is 0. The number of likely N-dealkylation sites (tertiary alicyclic amines) is 1. The van der Waals surface area contributed by atoms with Gasteiger partial charge in [0, 0.05) is 11.7 Å². The van der Waals surface area contributed by atoms with E-state index in [0.29, 0.717) is 0 Å². The van der Waals surface area contributed by atoms with Crippen molar-refractivity contribution in [3.05, 3.63) is 0 Å². The minimum absolute atomic E-state index is 0.218. The van der Waals surface area contributed by atoms with Crippen LogP contribution in [0.5, 0.6) is 0 Å². The van der Waals surface area contributed by atoms with Gasteiger partial charge in [-0.3, -0.25) is 9.69 Å². The second-order valence-corrected chi connectivity index (χ2v) is 4.96. The first-order valence-electron chi connectivity index (χ1n) is 6.40. The third kappa shape index (κ3) is 9.48. The van der Waals surface area contributed by atoms with Gasteiger partial charge in [-0.05, 0) is 32.7 Å². The zero-order valence-electron chi connectivity index (χ0n) is 12.2. The first-order chi connectivity index (χ1) is 8.52. The molecule has 0 spiro atoms. The van der Waals surface area contributed by atoms with Crippen LogP contribution in [0, 0.1) is 5.92 Å². The normalized spacial score (nSPS) is 19.9. The summed E-state index contributed by atoms with van der Waals surface area (Å²) in [5.74, 6) is 0.494. The molecule has 1 saturated heterocycles. The maximum absolute atomic E-state index is 10.4. The molecule has 5 heteroatoms. The van der Waals surface area contributed by atoms with E-state index in [-0.39, 0.29) is 12.0 Å².